The van der Waals surface area contributed by atoms with E-state index in [0.29, 0.717) is 22.4 Å². The Bertz CT molecular complexity index is 539. The summed E-state index contributed by atoms with van der Waals surface area (Å²) in [5.74, 6) is 7.12. The summed E-state index contributed by atoms with van der Waals surface area (Å²) in [5, 5.41) is 8.46. The number of hydrogen-bond donors (Lipinski definition) is 2. The van der Waals surface area contributed by atoms with E-state index in [1.807, 2.05) is 6.07 Å². The Balaban J connectivity index is 2.33. The highest BCUT2D eigenvalue weighted by molar-refractivity contribution is 7.99. The second-order valence-electron chi connectivity index (χ2n) is 3.41. The molecular formula is C10H13N5OS. The van der Waals surface area contributed by atoms with Crippen molar-refractivity contribution in [3.63, 3.8) is 0 Å². The fraction of sp³-hybridized carbons (Fsp3) is 0.200. The van der Waals surface area contributed by atoms with Crippen LogP contribution in [0, 0.1) is 6.92 Å². The zero-order valence-corrected chi connectivity index (χ0v) is 10.4. The Morgan fingerprint density at radius 1 is 1.35 bits per heavy atom. The summed E-state index contributed by atoms with van der Waals surface area (Å²) in [6.45, 7) is 1.79. The van der Waals surface area contributed by atoms with Gasteiger partial charge in [-0.1, -0.05) is 0 Å². The van der Waals surface area contributed by atoms with Crippen molar-refractivity contribution < 1.29 is 4.74 Å². The molecule has 0 atom stereocenters. The van der Waals surface area contributed by atoms with Crippen LogP contribution in [-0.2, 0) is 0 Å². The minimum Gasteiger partial charge on any atom is -0.495 e. The van der Waals surface area contributed by atoms with Crippen molar-refractivity contribution in [2.24, 2.45) is 0 Å². The van der Waals surface area contributed by atoms with Gasteiger partial charge < -0.3 is 16.3 Å². The average Bonchev–Trinajstić information content (AvgIpc) is 2.63. The van der Waals surface area contributed by atoms with Gasteiger partial charge in [-0.05, 0) is 30.8 Å². The summed E-state index contributed by atoms with van der Waals surface area (Å²) >= 11 is 1.38. The molecule has 1 aromatic carbocycles. The van der Waals surface area contributed by atoms with Gasteiger partial charge in [-0.15, -0.1) is 10.2 Å². The Morgan fingerprint density at radius 3 is 2.71 bits per heavy atom. The maximum Gasteiger partial charge on any atom is 0.214 e. The van der Waals surface area contributed by atoms with Gasteiger partial charge in [0.05, 0.1) is 12.0 Å². The highest BCUT2D eigenvalue weighted by atomic mass is 32.2. The Kier molecular flexibility index (Phi) is 3.10. The molecule has 0 aliphatic rings. The third kappa shape index (κ3) is 2.28. The Labute approximate surface area is 103 Å². The number of hydrogen-bond acceptors (Lipinski definition) is 6. The monoisotopic (exact) mass is 251 g/mol. The van der Waals surface area contributed by atoms with Crippen LogP contribution in [0.3, 0.4) is 0 Å². The number of anilines is 1. The van der Waals surface area contributed by atoms with Gasteiger partial charge in [0.15, 0.2) is 0 Å². The lowest BCUT2D eigenvalue weighted by molar-refractivity contribution is 0.405. The van der Waals surface area contributed by atoms with Crippen LogP contribution in [0.15, 0.2) is 28.3 Å². The molecule has 0 amide bonds. The molecule has 1 aromatic heterocycles. The van der Waals surface area contributed by atoms with Crippen molar-refractivity contribution in [2.75, 3.05) is 18.7 Å². The number of ether oxygens (including phenoxy) is 1. The largest absolute Gasteiger partial charge is 0.495 e. The normalized spacial score (nSPS) is 10.5. The highest BCUT2D eigenvalue weighted by Crippen LogP contribution is 2.34. The van der Waals surface area contributed by atoms with E-state index < -0.39 is 0 Å². The first-order valence-electron chi connectivity index (χ1n) is 4.90. The summed E-state index contributed by atoms with van der Waals surface area (Å²) in [6, 6.07) is 5.42. The van der Waals surface area contributed by atoms with Crippen LogP contribution < -0.4 is 16.3 Å². The number of aryl methyl sites for hydroxylation is 1. The summed E-state index contributed by atoms with van der Waals surface area (Å²) in [4.78, 5) is 0.890. The van der Waals surface area contributed by atoms with E-state index in [4.69, 9.17) is 16.3 Å². The molecule has 0 saturated heterocycles. The minimum absolute atomic E-state index is 0.602. The molecule has 0 fully saturated rings. The second-order valence-corrected chi connectivity index (χ2v) is 4.42. The van der Waals surface area contributed by atoms with Gasteiger partial charge in [-0.3, -0.25) is 0 Å². The molecule has 0 aliphatic heterocycles. The standard InChI is InChI=1S/C10H13N5OS/c1-6-13-14-10(15(6)12)17-9-4-3-7(11)5-8(9)16-2/h3-5H,11-12H2,1-2H3. The number of benzene rings is 1. The molecular weight excluding hydrogens is 238 g/mol. The average molecular weight is 251 g/mol. The summed E-state index contributed by atoms with van der Waals surface area (Å²) in [5.41, 5.74) is 6.33. The number of nitrogens with two attached hydrogens (primary N) is 2. The second kappa shape index (κ2) is 4.54. The minimum atomic E-state index is 0.602. The fourth-order valence-electron chi connectivity index (χ4n) is 1.29. The maximum atomic E-state index is 5.78. The molecule has 0 spiro atoms. The fourth-order valence-corrected chi connectivity index (χ4v) is 2.17. The molecule has 6 nitrogen and oxygen atoms in total. The van der Waals surface area contributed by atoms with Gasteiger partial charge in [0, 0.05) is 11.8 Å². The molecule has 1 heterocycles. The van der Waals surface area contributed by atoms with Crippen molar-refractivity contribution in [3.05, 3.63) is 24.0 Å². The molecule has 2 rings (SSSR count). The molecule has 0 aliphatic carbocycles. The molecule has 0 bridgehead atoms. The number of aromatic nitrogens is 3. The number of rotatable bonds is 3. The van der Waals surface area contributed by atoms with E-state index in [2.05, 4.69) is 10.2 Å². The predicted octanol–water partition coefficient (Wildman–Crippen LogP) is 1.04. The third-order valence-corrected chi connectivity index (χ3v) is 3.24. The van der Waals surface area contributed by atoms with Crippen LogP contribution in [0.25, 0.3) is 0 Å². The van der Waals surface area contributed by atoms with Crippen LogP contribution in [0.5, 0.6) is 5.75 Å². The lowest BCUT2D eigenvalue weighted by Gasteiger charge is -2.08. The van der Waals surface area contributed by atoms with Crippen molar-refractivity contribution in [1.82, 2.24) is 14.9 Å². The van der Waals surface area contributed by atoms with E-state index in [1.54, 1.807) is 26.2 Å². The summed E-state index contributed by atoms with van der Waals surface area (Å²) in [6.07, 6.45) is 0. The van der Waals surface area contributed by atoms with Crippen molar-refractivity contribution >= 4 is 17.4 Å². The van der Waals surface area contributed by atoms with Crippen LogP contribution in [0.1, 0.15) is 5.82 Å². The van der Waals surface area contributed by atoms with E-state index in [9.17, 15) is 0 Å². The van der Waals surface area contributed by atoms with Crippen molar-refractivity contribution in [3.8, 4) is 5.75 Å². The van der Waals surface area contributed by atoms with E-state index in [1.165, 1.54) is 16.4 Å². The van der Waals surface area contributed by atoms with E-state index >= 15 is 0 Å². The Morgan fingerprint density at radius 2 is 2.12 bits per heavy atom. The van der Waals surface area contributed by atoms with Crippen molar-refractivity contribution in [1.29, 1.82) is 0 Å². The number of nitrogens with zero attached hydrogens (tertiary/aromatic N) is 3. The Hall–Kier alpha value is -1.89. The first kappa shape index (κ1) is 11.6. The zero-order valence-electron chi connectivity index (χ0n) is 9.54. The van der Waals surface area contributed by atoms with Gasteiger partial charge in [0.1, 0.15) is 11.6 Å². The number of methoxy groups -OCH3 is 1. The molecule has 17 heavy (non-hydrogen) atoms. The van der Waals surface area contributed by atoms with Gasteiger partial charge in [0.25, 0.3) is 0 Å². The maximum absolute atomic E-state index is 5.78. The molecule has 90 valence electrons. The van der Waals surface area contributed by atoms with Gasteiger partial charge in [-0.2, -0.15) is 0 Å². The smallest absolute Gasteiger partial charge is 0.214 e. The lowest BCUT2D eigenvalue weighted by atomic mass is 10.3. The third-order valence-electron chi connectivity index (χ3n) is 2.22. The van der Waals surface area contributed by atoms with Gasteiger partial charge in [0.2, 0.25) is 5.16 Å². The SMILES string of the molecule is COc1cc(N)ccc1Sc1nnc(C)n1N. The van der Waals surface area contributed by atoms with E-state index in [-0.39, 0.29) is 0 Å². The molecule has 2 aromatic rings. The van der Waals surface area contributed by atoms with Crippen LogP contribution >= 0.6 is 11.8 Å². The van der Waals surface area contributed by atoms with Crippen LogP contribution in [-0.4, -0.2) is 22.0 Å². The van der Waals surface area contributed by atoms with Gasteiger partial charge >= 0.3 is 0 Å². The van der Waals surface area contributed by atoms with Gasteiger partial charge in [-0.25, -0.2) is 4.68 Å². The molecule has 7 heteroatoms. The van der Waals surface area contributed by atoms with Crippen LogP contribution in [0.4, 0.5) is 5.69 Å². The zero-order chi connectivity index (χ0) is 12.4. The van der Waals surface area contributed by atoms with E-state index in [0.717, 1.165) is 4.90 Å². The predicted molar refractivity (Wildman–Crippen MR) is 66.4 cm³/mol. The molecule has 4 N–H and O–H groups in total. The lowest BCUT2D eigenvalue weighted by Crippen LogP contribution is -2.11. The van der Waals surface area contributed by atoms with Crippen molar-refractivity contribution in [2.45, 2.75) is 17.0 Å². The summed E-state index contributed by atoms with van der Waals surface area (Å²) < 4.78 is 6.68. The topological polar surface area (TPSA) is 92.0 Å². The highest BCUT2D eigenvalue weighted by Gasteiger charge is 2.11. The quantitative estimate of drug-likeness (QED) is 0.625. The van der Waals surface area contributed by atoms with Crippen LogP contribution in [0.2, 0.25) is 0 Å². The summed E-state index contributed by atoms with van der Waals surface area (Å²) in [7, 11) is 1.59. The number of nitrogen functional groups attached to an aromatic ring is 2. The molecule has 0 radical (unpaired) electrons. The first-order valence-corrected chi connectivity index (χ1v) is 5.72. The molecule has 0 unspecified atom stereocenters. The molecule has 0 saturated carbocycles. The first-order chi connectivity index (χ1) is 8.11.